The highest BCUT2D eigenvalue weighted by Crippen LogP contribution is 2.19. The summed E-state index contributed by atoms with van der Waals surface area (Å²) in [5, 5.41) is 23.3. The lowest BCUT2D eigenvalue weighted by atomic mass is 10.0. The van der Waals surface area contributed by atoms with Crippen molar-refractivity contribution in [3.63, 3.8) is 0 Å². The lowest BCUT2D eigenvalue weighted by Crippen LogP contribution is -2.45. The van der Waals surface area contributed by atoms with E-state index in [1.807, 2.05) is 6.08 Å². The van der Waals surface area contributed by atoms with E-state index in [0.29, 0.717) is 6.42 Å². The normalized spacial score (nSPS) is 13.3. The molecule has 2 atom stereocenters. The molecule has 0 aromatic heterocycles. The second-order valence-corrected chi connectivity index (χ2v) is 25.7. The van der Waals surface area contributed by atoms with Crippen LogP contribution in [-0.4, -0.2) is 34.9 Å². The van der Waals surface area contributed by atoms with Crippen molar-refractivity contribution in [2.45, 2.75) is 398 Å². The molecule has 2 unspecified atom stereocenters. The van der Waals surface area contributed by atoms with Gasteiger partial charge in [0, 0.05) is 6.42 Å². The van der Waals surface area contributed by atoms with Gasteiger partial charge in [-0.2, -0.15) is 0 Å². The fraction of sp³-hybridized carbons (Fsp3) is 0.768. The van der Waals surface area contributed by atoms with Crippen LogP contribution in [0.5, 0.6) is 0 Å². The van der Waals surface area contributed by atoms with E-state index in [1.54, 1.807) is 6.08 Å². The predicted molar refractivity (Wildman–Crippen MR) is 386 cm³/mol. The van der Waals surface area contributed by atoms with E-state index >= 15 is 0 Å². The van der Waals surface area contributed by atoms with E-state index in [-0.39, 0.29) is 12.5 Å². The lowest BCUT2D eigenvalue weighted by molar-refractivity contribution is -0.123. The van der Waals surface area contributed by atoms with Crippen LogP contribution in [0.15, 0.2) is 109 Å². The summed E-state index contributed by atoms with van der Waals surface area (Å²) in [5.74, 6) is -0.0737. The SMILES string of the molecule is CC/C=C\C/C=C\C/C=C\C/C=C\C/C=C\C/C=C\CCCCCCCCCCCCCCCCCCCCCCCCC(=O)NC(CO)C(O)/C=C/CC/C=C/CC/C=C/CCCCCCCCCCCCCCCCCCCCCCCCC. The molecule has 0 rings (SSSR count). The first kappa shape index (κ1) is 83.1. The maximum absolute atomic E-state index is 12.6. The molecule has 0 aliphatic rings. The monoisotopic (exact) mass is 1190 g/mol. The van der Waals surface area contributed by atoms with Crippen molar-refractivity contribution >= 4 is 5.91 Å². The maximum atomic E-state index is 12.6. The van der Waals surface area contributed by atoms with Gasteiger partial charge >= 0.3 is 0 Å². The number of nitrogens with one attached hydrogen (secondary N) is 1. The molecule has 0 radical (unpaired) electrons. The fourth-order valence-corrected chi connectivity index (χ4v) is 11.5. The summed E-state index contributed by atoms with van der Waals surface area (Å²) < 4.78 is 0. The molecule has 1 amide bonds. The zero-order valence-electron chi connectivity index (χ0n) is 57.6. The Bertz CT molecular complexity index is 1590. The van der Waals surface area contributed by atoms with Crippen molar-refractivity contribution in [3.8, 4) is 0 Å². The Balaban J connectivity index is 3.48. The quantitative estimate of drug-likeness (QED) is 0.0420. The van der Waals surface area contributed by atoms with Gasteiger partial charge < -0.3 is 15.5 Å². The first-order valence-corrected chi connectivity index (χ1v) is 38.1. The molecule has 0 saturated heterocycles. The Morgan fingerprint density at radius 1 is 0.291 bits per heavy atom. The standard InChI is InChI=1S/C82H147NO3/c1-3-5-7-9-11-13-15-17-19-21-23-25-27-29-31-33-35-37-38-39-40-41-42-43-44-46-48-50-52-54-56-58-60-62-64-66-68-70-72-74-76-78-82(86)83-80(79-84)81(85)77-75-73-71-69-67-65-63-61-59-57-55-53-51-49-47-45-36-34-32-30-28-26-24-22-20-18-16-14-12-10-8-6-4-2/h5,7,11,13,17,19,23,25,29,31,35,37,59,61,67,69,75,77,80-81,84-85H,3-4,6,8-10,12,14-16,18,20-22,24,26-28,30,32-34,36,38-58,60,62-66,68,70-74,76,78-79H2,1-2H3,(H,83,86)/b7-5-,13-11-,19-17-,25-23-,31-29-,37-35-,61-59+,69-67+,77-75+. The van der Waals surface area contributed by atoms with Gasteiger partial charge in [-0.3, -0.25) is 4.79 Å². The second-order valence-electron chi connectivity index (χ2n) is 25.7. The largest absolute Gasteiger partial charge is 0.394 e. The summed E-state index contributed by atoms with van der Waals surface area (Å²) in [5.41, 5.74) is 0. The number of carbonyl (C=O) groups excluding carboxylic acids is 1. The highest BCUT2D eigenvalue weighted by molar-refractivity contribution is 5.76. The Kier molecular flexibility index (Phi) is 73.7. The molecular formula is C82H147NO3. The number of unbranched alkanes of at least 4 members (excludes halogenated alkanes) is 47. The molecule has 0 saturated carbocycles. The van der Waals surface area contributed by atoms with Gasteiger partial charge in [-0.05, 0) is 96.3 Å². The van der Waals surface area contributed by atoms with Crippen LogP contribution in [0.4, 0.5) is 0 Å². The number of hydrogen-bond donors (Lipinski definition) is 3. The molecule has 498 valence electrons. The highest BCUT2D eigenvalue weighted by Gasteiger charge is 2.18. The molecule has 0 spiro atoms. The van der Waals surface area contributed by atoms with Crippen LogP contribution in [0, 0.1) is 0 Å². The Labute approximate surface area is 537 Å². The minimum atomic E-state index is -0.876. The van der Waals surface area contributed by atoms with Gasteiger partial charge in [0.2, 0.25) is 5.91 Å². The molecule has 0 aliphatic carbocycles. The molecule has 4 heteroatoms. The van der Waals surface area contributed by atoms with Crippen molar-refractivity contribution in [1.29, 1.82) is 0 Å². The van der Waals surface area contributed by atoms with Crippen molar-refractivity contribution < 1.29 is 15.0 Å². The van der Waals surface area contributed by atoms with Crippen molar-refractivity contribution in [2.75, 3.05) is 6.61 Å². The Hall–Kier alpha value is -2.95. The smallest absolute Gasteiger partial charge is 0.220 e. The van der Waals surface area contributed by atoms with E-state index in [4.69, 9.17) is 0 Å². The van der Waals surface area contributed by atoms with Gasteiger partial charge in [-0.1, -0.05) is 393 Å². The van der Waals surface area contributed by atoms with Crippen molar-refractivity contribution in [2.24, 2.45) is 0 Å². The molecule has 0 aliphatic heterocycles. The maximum Gasteiger partial charge on any atom is 0.220 e. The van der Waals surface area contributed by atoms with Gasteiger partial charge in [-0.15, -0.1) is 0 Å². The molecular weight excluding hydrogens is 1050 g/mol. The van der Waals surface area contributed by atoms with E-state index < -0.39 is 12.1 Å². The number of carbonyl (C=O) groups is 1. The van der Waals surface area contributed by atoms with Gasteiger partial charge in [-0.25, -0.2) is 0 Å². The zero-order valence-corrected chi connectivity index (χ0v) is 57.6. The highest BCUT2D eigenvalue weighted by atomic mass is 16.3. The van der Waals surface area contributed by atoms with Crippen LogP contribution < -0.4 is 5.32 Å². The van der Waals surface area contributed by atoms with Crippen molar-refractivity contribution in [1.82, 2.24) is 5.32 Å². The number of aliphatic hydroxyl groups is 2. The lowest BCUT2D eigenvalue weighted by Gasteiger charge is -2.19. The average molecular weight is 1200 g/mol. The van der Waals surface area contributed by atoms with Gasteiger partial charge in [0.25, 0.3) is 0 Å². The summed E-state index contributed by atoms with van der Waals surface area (Å²) in [6.45, 7) is 4.21. The fourth-order valence-electron chi connectivity index (χ4n) is 11.5. The molecule has 86 heavy (non-hydrogen) atoms. The molecule has 0 bridgehead atoms. The topological polar surface area (TPSA) is 69.6 Å². The Morgan fingerprint density at radius 2 is 0.523 bits per heavy atom. The van der Waals surface area contributed by atoms with Crippen molar-refractivity contribution in [3.05, 3.63) is 109 Å². The number of rotatable bonds is 70. The molecule has 0 fully saturated rings. The van der Waals surface area contributed by atoms with E-state index in [0.717, 1.165) is 77.0 Å². The first-order chi connectivity index (χ1) is 42.7. The number of allylic oxidation sites excluding steroid dienone is 17. The third-order valence-corrected chi connectivity index (χ3v) is 17.2. The van der Waals surface area contributed by atoms with Crippen LogP contribution in [0.3, 0.4) is 0 Å². The third-order valence-electron chi connectivity index (χ3n) is 17.2. The van der Waals surface area contributed by atoms with Gasteiger partial charge in [0.05, 0.1) is 18.8 Å². The van der Waals surface area contributed by atoms with Crippen LogP contribution in [-0.2, 0) is 4.79 Å². The molecule has 0 heterocycles. The van der Waals surface area contributed by atoms with Gasteiger partial charge in [0.15, 0.2) is 0 Å². The van der Waals surface area contributed by atoms with Crippen LogP contribution in [0.25, 0.3) is 0 Å². The van der Waals surface area contributed by atoms with Crippen LogP contribution >= 0.6 is 0 Å². The minimum absolute atomic E-state index is 0.0737. The summed E-state index contributed by atoms with van der Waals surface area (Å²) in [4.78, 5) is 12.6. The van der Waals surface area contributed by atoms with Crippen LogP contribution in [0.2, 0.25) is 0 Å². The average Bonchev–Trinajstić information content (AvgIpc) is 3.59. The van der Waals surface area contributed by atoms with Gasteiger partial charge in [0.1, 0.15) is 0 Å². The number of aliphatic hydroxyl groups excluding tert-OH is 2. The zero-order chi connectivity index (χ0) is 61.9. The van der Waals surface area contributed by atoms with Crippen LogP contribution in [0.1, 0.15) is 386 Å². The predicted octanol–water partition coefficient (Wildman–Crippen LogP) is 26.5. The first-order valence-electron chi connectivity index (χ1n) is 38.1. The molecule has 4 nitrogen and oxygen atoms in total. The Morgan fingerprint density at radius 3 is 0.814 bits per heavy atom. The molecule has 0 aromatic carbocycles. The summed E-state index contributed by atoms with van der Waals surface area (Å²) in [7, 11) is 0. The molecule has 0 aromatic rings. The summed E-state index contributed by atoms with van der Waals surface area (Å²) in [6, 6.07) is -0.651. The van der Waals surface area contributed by atoms with E-state index in [2.05, 4.69) is 116 Å². The summed E-state index contributed by atoms with van der Waals surface area (Å²) in [6.07, 6.45) is 115. The number of amides is 1. The van der Waals surface area contributed by atoms with E-state index in [1.165, 1.54) is 289 Å². The second kappa shape index (κ2) is 76.3. The summed E-state index contributed by atoms with van der Waals surface area (Å²) >= 11 is 0. The molecule has 3 N–H and O–H groups in total. The third kappa shape index (κ3) is 71.8. The number of hydrogen-bond acceptors (Lipinski definition) is 3. The van der Waals surface area contributed by atoms with E-state index in [9.17, 15) is 15.0 Å². The minimum Gasteiger partial charge on any atom is -0.394 e.